The molecule has 0 aliphatic heterocycles. The van der Waals surface area contributed by atoms with Gasteiger partial charge >= 0.3 is 0 Å². The van der Waals surface area contributed by atoms with E-state index in [9.17, 15) is 4.79 Å². The Balaban J connectivity index is 2.00. The third kappa shape index (κ3) is 3.43. The van der Waals surface area contributed by atoms with Crippen LogP contribution in [0.1, 0.15) is 10.4 Å². The van der Waals surface area contributed by atoms with Gasteiger partial charge in [0, 0.05) is 21.6 Å². The smallest absolute Gasteiger partial charge is 0.255 e. The van der Waals surface area contributed by atoms with E-state index in [-0.39, 0.29) is 5.91 Å². The Kier molecular flexibility index (Phi) is 5.27. The van der Waals surface area contributed by atoms with E-state index in [1.165, 1.54) is 21.3 Å². The third-order valence-corrected chi connectivity index (χ3v) is 4.37. The predicted molar refractivity (Wildman–Crippen MR) is 103 cm³/mol. The Morgan fingerprint density at radius 2 is 1.69 bits per heavy atom. The van der Waals surface area contributed by atoms with Gasteiger partial charge in [0.2, 0.25) is 5.75 Å². The van der Waals surface area contributed by atoms with Crippen LogP contribution in [0, 0.1) is 0 Å². The van der Waals surface area contributed by atoms with Crippen LogP contribution in [0.25, 0.3) is 10.9 Å². The summed E-state index contributed by atoms with van der Waals surface area (Å²) in [5.41, 5.74) is 1.84. The van der Waals surface area contributed by atoms with Gasteiger partial charge in [-0.05, 0) is 36.4 Å². The topological polar surface area (TPSA) is 69.7 Å². The molecule has 0 saturated heterocycles. The molecule has 0 radical (unpaired) electrons. The van der Waals surface area contributed by atoms with Gasteiger partial charge in [-0.25, -0.2) is 0 Å². The van der Waals surface area contributed by atoms with Crippen molar-refractivity contribution in [1.82, 2.24) is 4.98 Å². The quantitative estimate of drug-likeness (QED) is 0.672. The molecule has 0 saturated carbocycles. The fourth-order valence-corrected chi connectivity index (χ4v) is 3.00. The second-order valence-corrected chi connectivity index (χ2v) is 6.30. The molecular formula is C19H17BrN2O4. The lowest BCUT2D eigenvalue weighted by Crippen LogP contribution is -2.13. The summed E-state index contributed by atoms with van der Waals surface area (Å²) in [7, 11) is 4.53. The predicted octanol–water partition coefficient (Wildman–Crippen LogP) is 4.28. The molecular weight excluding hydrogens is 400 g/mol. The second kappa shape index (κ2) is 7.61. The first kappa shape index (κ1) is 18.0. The average molecular weight is 417 g/mol. The van der Waals surface area contributed by atoms with Crippen LogP contribution < -0.4 is 19.5 Å². The number of carbonyl (C=O) groups is 1. The summed E-state index contributed by atoms with van der Waals surface area (Å²) in [6.07, 6.45) is 1.65. The van der Waals surface area contributed by atoms with Gasteiger partial charge in [0.05, 0.1) is 32.5 Å². The number of nitrogens with zero attached hydrogens (tertiary/aromatic N) is 1. The van der Waals surface area contributed by atoms with Crippen LogP contribution in [0.2, 0.25) is 0 Å². The number of anilines is 1. The van der Waals surface area contributed by atoms with Crippen LogP contribution in [-0.2, 0) is 0 Å². The van der Waals surface area contributed by atoms with Crippen LogP contribution in [0.4, 0.5) is 5.69 Å². The minimum absolute atomic E-state index is 0.295. The molecule has 3 rings (SSSR count). The molecule has 1 aromatic heterocycles. The van der Waals surface area contributed by atoms with Crippen molar-refractivity contribution in [3.05, 3.63) is 52.6 Å². The summed E-state index contributed by atoms with van der Waals surface area (Å²) in [4.78, 5) is 17.1. The van der Waals surface area contributed by atoms with Crippen molar-refractivity contribution in [2.45, 2.75) is 0 Å². The number of benzene rings is 2. The molecule has 0 atom stereocenters. The SMILES string of the molecule is COc1cc(C(=O)Nc2ccnc3ccc(Br)cc23)cc(OC)c1OC. The molecule has 0 aliphatic rings. The van der Waals surface area contributed by atoms with Gasteiger partial charge in [0.1, 0.15) is 0 Å². The Morgan fingerprint density at radius 1 is 1.00 bits per heavy atom. The Hall–Kier alpha value is -2.80. The zero-order valence-corrected chi connectivity index (χ0v) is 16.1. The molecule has 134 valence electrons. The highest BCUT2D eigenvalue weighted by Crippen LogP contribution is 2.38. The molecule has 0 aliphatic carbocycles. The maximum atomic E-state index is 12.8. The van der Waals surface area contributed by atoms with Crippen molar-refractivity contribution in [2.24, 2.45) is 0 Å². The van der Waals surface area contributed by atoms with Gasteiger partial charge in [-0.1, -0.05) is 15.9 Å². The van der Waals surface area contributed by atoms with Crippen LogP contribution in [0.5, 0.6) is 17.2 Å². The van der Waals surface area contributed by atoms with Gasteiger partial charge in [-0.2, -0.15) is 0 Å². The van der Waals surface area contributed by atoms with Crippen LogP contribution >= 0.6 is 15.9 Å². The largest absolute Gasteiger partial charge is 0.493 e. The summed E-state index contributed by atoms with van der Waals surface area (Å²) < 4.78 is 16.8. The molecule has 1 amide bonds. The lowest BCUT2D eigenvalue weighted by atomic mass is 10.1. The Labute approximate surface area is 159 Å². The molecule has 0 bridgehead atoms. The van der Waals surface area contributed by atoms with Crippen molar-refractivity contribution < 1.29 is 19.0 Å². The number of rotatable bonds is 5. The second-order valence-electron chi connectivity index (χ2n) is 5.39. The monoisotopic (exact) mass is 416 g/mol. The number of fused-ring (bicyclic) bond motifs is 1. The molecule has 1 N–H and O–H groups in total. The molecule has 0 fully saturated rings. The molecule has 1 heterocycles. The number of aromatic nitrogens is 1. The summed E-state index contributed by atoms with van der Waals surface area (Å²) in [5.74, 6) is 0.972. The highest BCUT2D eigenvalue weighted by atomic mass is 79.9. The van der Waals surface area contributed by atoms with Gasteiger partial charge in [-0.3, -0.25) is 9.78 Å². The summed E-state index contributed by atoms with van der Waals surface area (Å²) in [6.45, 7) is 0. The van der Waals surface area contributed by atoms with E-state index in [4.69, 9.17) is 14.2 Å². The number of carbonyl (C=O) groups excluding carboxylic acids is 1. The number of hydrogen-bond acceptors (Lipinski definition) is 5. The number of hydrogen-bond donors (Lipinski definition) is 1. The zero-order valence-electron chi connectivity index (χ0n) is 14.5. The maximum absolute atomic E-state index is 12.8. The minimum Gasteiger partial charge on any atom is -0.493 e. The average Bonchev–Trinajstić information content (AvgIpc) is 2.67. The van der Waals surface area contributed by atoms with Gasteiger partial charge in [0.25, 0.3) is 5.91 Å². The number of pyridine rings is 1. The van der Waals surface area contributed by atoms with Crippen molar-refractivity contribution in [1.29, 1.82) is 0 Å². The van der Waals surface area contributed by atoms with E-state index in [2.05, 4.69) is 26.2 Å². The van der Waals surface area contributed by atoms with E-state index in [0.29, 0.717) is 28.5 Å². The molecule has 7 heteroatoms. The molecule has 0 unspecified atom stereocenters. The number of amides is 1. The molecule has 0 spiro atoms. The highest BCUT2D eigenvalue weighted by Gasteiger charge is 2.17. The first-order chi connectivity index (χ1) is 12.6. The van der Waals surface area contributed by atoms with Crippen molar-refractivity contribution in [2.75, 3.05) is 26.6 Å². The van der Waals surface area contributed by atoms with E-state index >= 15 is 0 Å². The lowest BCUT2D eigenvalue weighted by molar-refractivity contribution is 0.102. The van der Waals surface area contributed by atoms with Crippen molar-refractivity contribution >= 4 is 38.4 Å². The first-order valence-electron chi connectivity index (χ1n) is 7.73. The van der Waals surface area contributed by atoms with E-state index in [0.717, 1.165) is 15.4 Å². The number of nitrogens with one attached hydrogen (secondary N) is 1. The van der Waals surface area contributed by atoms with Crippen LogP contribution in [0.15, 0.2) is 47.1 Å². The minimum atomic E-state index is -0.295. The third-order valence-electron chi connectivity index (χ3n) is 3.88. The standard InChI is InChI=1S/C19H17BrN2O4/c1-24-16-8-11(9-17(25-2)18(16)26-3)19(23)22-15-6-7-21-14-5-4-12(20)10-13(14)15/h4-10H,1-3H3,(H,21,22,23). The van der Waals surface area contributed by atoms with Gasteiger partial charge < -0.3 is 19.5 Å². The highest BCUT2D eigenvalue weighted by molar-refractivity contribution is 9.10. The Morgan fingerprint density at radius 3 is 2.31 bits per heavy atom. The zero-order chi connectivity index (χ0) is 18.7. The van der Waals surface area contributed by atoms with Gasteiger partial charge in [-0.15, -0.1) is 0 Å². The Bertz CT molecular complexity index is 950. The lowest BCUT2D eigenvalue weighted by Gasteiger charge is -2.14. The summed E-state index contributed by atoms with van der Waals surface area (Å²) in [5, 5.41) is 3.75. The molecule has 3 aromatic rings. The molecule has 6 nitrogen and oxygen atoms in total. The fraction of sp³-hybridized carbons (Fsp3) is 0.158. The van der Waals surface area contributed by atoms with Gasteiger partial charge in [0.15, 0.2) is 11.5 Å². The van der Waals surface area contributed by atoms with Crippen molar-refractivity contribution in [3.63, 3.8) is 0 Å². The first-order valence-corrected chi connectivity index (χ1v) is 8.52. The number of halogens is 1. The summed E-state index contributed by atoms with van der Waals surface area (Å²) in [6, 6.07) is 10.7. The van der Waals surface area contributed by atoms with Crippen LogP contribution in [0.3, 0.4) is 0 Å². The fourth-order valence-electron chi connectivity index (χ4n) is 2.63. The van der Waals surface area contributed by atoms with E-state index < -0.39 is 0 Å². The summed E-state index contributed by atoms with van der Waals surface area (Å²) >= 11 is 3.44. The van der Waals surface area contributed by atoms with Crippen molar-refractivity contribution in [3.8, 4) is 17.2 Å². The number of ether oxygens (including phenoxy) is 3. The maximum Gasteiger partial charge on any atom is 0.255 e. The molecule has 2 aromatic carbocycles. The van der Waals surface area contributed by atoms with E-state index in [1.54, 1.807) is 24.4 Å². The normalized spacial score (nSPS) is 10.5. The van der Waals surface area contributed by atoms with Crippen LogP contribution in [-0.4, -0.2) is 32.2 Å². The molecule has 26 heavy (non-hydrogen) atoms. The van der Waals surface area contributed by atoms with E-state index in [1.807, 2.05) is 18.2 Å². The number of methoxy groups -OCH3 is 3.